The van der Waals surface area contributed by atoms with E-state index in [-0.39, 0.29) is 23.3 Å². The Morgan fingerprint density at radius 2 is 1.68 bits per heavy atom. The molecule has 0 amide bonds. The molecular formula is C24H18Cl2N4O5S3. The lowest BCUT2D eigenvalue weighted by Gasteiger charge is -2.12. The zero-order chi connectivity index (χ0) is 26.9. The summed E-state index contributed by atoms with van der Waals surface area (Å²) in [6.07, 6.45) is 0. The van der Waals surface area contributed by atoms with Crippen molar-refractivity contribution in [3.8, 4) is 11.1 Å². The van der Waals surface area contributed by atoms with Gasteiger partial charge in [0, 0.05) is 10.0 Å². The largest absolute Gasteiger partial charge is 0.422 e. The van der Waals surface area contributed by atoms with Crippen LogP contribution >= 0.6 is 34.5 Å². The topological polar surface area (TPSA) is 132 Å². The molecule has 0 saturated heterocycles. The summed E-state index contributed by atoms with van der Waals surface area (Å²) in [6.45, 7) is -0.275. The van der Waals surface area contributed by atoms with E-state index >= 15 is 0 Å². The van der Waals surface area contributed by atoms with E-state index in [1.54, 1.807) is 0 Å². The second-order valence-corrected chi connectivity index (χ2v) is 13.0. The zero-order valence-corrected chi connectivity index (χ0v) is 23.3. The minimum absolute atomic E-state index is 0.0855. The van der Waals surface area contributed by atoms with Crippen molar-refractivity contribution in [3.05, 3.63) is 99.1 Å². The van der Waals surface area contributed by atoms with E-state index in [1.165, 1.54) is 29.5 Å². The van der Waals surface area contributed by atoms with Gasteiger partial charge in [0.25, 0.3) is 0 Å². The molecule has 3 aromatic carbocycles. The van der Waals surface area contributed by atoms with Crippen molar-refractivity contribution in [1.29, 1.82) is 0 Å². The average Bonchev–Trinajstić information content (AvgIpc) is 3.48. The van der Waals surface area contributed by atoms with Crippen molar-refractivity contribution in [1.82, 2.24) is 19.9 Å². The molecular weight excluding hydrogens is 591 g/mol. The van der Waals surface area contributed by atoms with Crippen molar-refractivity contribution in [3.63, 3.8) is 0 Å². The van der Waals surface area contributed by atoms with Crippen LogP contribution in [0.2, 0.25) is 10.0 Å². The molecule has 5 aromatic rings. The number of sulfone groups is 1. The van der Waals surface area contributed by atoms with E-state index in [2.05, 4.69) is 19.9 Å². The summed E-state index contributed by atoms with van der Waals surface area (Å²) in [5, 5.41) is 7.17. The van der Waals surface area contributed by atoms with E-state index in [9.17, 15) is 16.8 Å². The Morgan fingerprint density at radius 1 is 0.947 bits per heavy atom. The van der Waals surface area contributed by atoms with Crippen LogP contribution in [-0.4, -0.2) is 32.0 Å². The third kappa shape index (κ3) is 6.06. The van der Waals surface area contributed by atoms with E-state index in [4.69, 9.17) is 27.6 Å². The molecule has 0 bridgehead atoms. The van der Waals surface area contributed by atoms with Gasteiger partial charge in [-0.3, -0.25) is 0 Å². The Labute approximate surface area is 233 Å². The van der Waals surface area contributed by atoms with Crippen molar-refractivity contribution in [2.45, 2.75) is 17.5 Å². The van der Waals surface area contributed by atoms with Gasteiger partial charge in [-0.15, -0.1) is 21.5 Å². The number of fused-ring (bicyclic) bond motifs is 1. The number of hydrogen-bond acceptors (Lipinski definition) is 9. The van der Waals surface area contributed by atoms with Gasteiger partial charge in [-0.2, -0.15) is 0 Å². The summed E-state index contributed by atoms with van der Waals surface area (Å²) in [5.41, 5.74) is 2.96. The Hall–Kier alpha value is -2.87. The lowest BCUT2D eigenvalue weighted by molar-refractivity contribution is 0.444. The van der Waals surface area contributed by atoms with E-state index in [0.29, 0.717) is 21.1 Å². The van der Waals surface area contributed by atoms with Gasteiger partial charge in [0.2, 0.25) is 22.7 Å². The first kappa shape index (κ1) is 26.7. The molecule has 0 aliphatic carbocycles. The smallest absolute Gasteiger partial charge is 0.241 e. The fourth-order valence-corrected chi connectivity index (χ4v) is 7.83. The summed E-state index contributed by atoms with van der Waals surface area (Å²) < 4.78 is 57.9. The number of rotatable bonds is 9. The number of thiol groups is 1. The number of benzene rings is 3. The molecule has 14 heteroatoms. The lowest BCUT2D eigenvalue weighted by Crippen LogP contribution is -2.17. The number of aromatic nitrogens is 3. The molecule has 0 fully saturated rings. The number of halogens is 2. The molecule has 0 radical (unpaired) electrons. The molecule has 196 valence electrons. The summed E-state index contributed by atoms with van der Waals surface area (Å²) in [5.74, 6) is -0.734. The predicted octanol–water partition coefficient (Wildman–Crippen LogP) is 4.97. The van der Waals surface area contributed by atoms with Crippen LogP contribution in [0.5, 0.6) is 0 Å². The second kappa shape index (κ2) is 11.1. The van der Waals surface area contributed by atoms with Gasteiger partial charge in [-0.05, 0) is 47.0 Å². The Bertz CT molecular complexity index is 1780. The maximum atomic E-state index is 13.8. The van der Waals surface area contributed by atoms with Crippen molar-refractivity contribution < 1.29 is 21.3 Å². The molecule has 2 heterocycles. The average molecular weight is 610 g/mol. The van der Waals surface area contributed by atoms with Gasteiger partial charge in [-0.25, -0.2) is 26.5 Å². The summed E-state index contributed by atoms with van der Waals surface area (Å²) in [4.78, 5) is 4.60. The van der Waals surface area contributed by atoms with Gasteiger partial charge in [-0.1, -0.05) is 59.6 Å². The molecule has 1 unspecified atom stereocenters. The minimum Gasteiger partial charge on any atom is -0.422 e. The van der Waals surface area contributed by atoms with Crippen LogP contribution in [0.25, 0.3) is 21.3 Å². The molecule has 38 heavy (non-hydrogen) atoms. The third-order valence-corrected chi connectivity index (χ3v) is 9.42. The van der Waals surface area contributed by atoms with E-state index < -0.39 is 31.7 Å². The molecule has 0 saturated carbocycles. The molecule has 0 aliphatic rings. The monoisotopic (exact) mass is 608 g/mol. The Kier molecular flexibility index (Phi) is 7.80. The van der Waals surface area contributed by atoms with Gasteiger partial charge < -0.3 is 4.42 Å². The van der Waals surface area contributed by atoms with E-state index in [0.717, 1.165) is 15.8 Å². The van der Waals surface area contributed by atoms with Crippen molar-refractivity contribution in [2.24, 2.45) is 0 Å². The molecule has 1 atom stereocenters. The Morgan fingerprint density at radius 3 is 2.39 bits per heavy atom. The standard InChI is InChI=1S/C24H18Cl2N4O5S3/c25-17-8-14(9-18(26)11-17)13-38(33,34)22(23-30-29-21(35-23)12-27-37(31)32)24-28-19-7-6-16(10-20(19)36-24)15-4-2-1-3-5-15/h1-11,22,37H,12-13H2,(H,27,31,32). The molecule has 1 N–H and O–H groups in total. The fraction of sp³-hybridized carbons (Fsp3) is 0.125. The number of nitrogens with zero attached hydrogens (tertiary/aromatic N) is 3. The third-order valence-electron chi connectivity index (χ3n) is 5.45. The van der Waals surface area contributed by atoms with Gasteiger partial charge in [0.15, 0.2) is 15.1 Å². The second-order valence-electron chi connectivity index (χ2n) is 8.19. The van der Waals surface area contributed by atoms with Crippen LogP contribution in [0.1, 0.15) is 27.6 Å². The van der Waals surface area contributed by atoms with Crippen molar-refractivity contribution in [2.75, 3.05) is 0 Å². The minimum atomic E-state index is -4.05. The first-order valence-corrected chi connectivity index (χ1v) is 15.5. The normalized spacial score (nSPS) is 12.8. The molecule has 0 spiro atoms. The molecule has 5 rings (SSSR count). The highest BCUT2D eigenvalue weighted by Crippen LogP contribution is 2.38. The number of thiazole rings is 1. The number of hydrogen-bond donors (Lipinski definition) is 2. The van der Waals surface area contributed by atoms with Crippen LogP contribution in [-0.2, 0) is 33.0 Å². The van der Waals surface area contributed by atoms with Crippen LogP contribution in [0.3, 0.4) is 0 Å². The van der Waals surface area contributed by atoms with E-state index in [1.807, 2.05) is 48.5 Å². The number of nitrogens with one attached hydrogen (secondary N) is 1. The summed E-state index contributed by atoms with van der Waals surface area (Å²) in [7, 11) is -6.95. The van der Waals surface area contributed by atoms with Gasteiger partial charge in [0.05, 0.1) is 22.5 Å². The highest BCUT2D eigenvalue weighted by atomic mass is 35.5. The maximum absolute atomic E-state index is 13.8. The van der Waals surface area contributed by atoms with Crippen LogP contribution in [0.4, 0.5) is 0 Å². The molecule has 2 aromatic heterocycles. The quantitative estimate of drug-likeness (QED) is 0.224. The van der Waals surface area contributed by atoms with Gasteiger partial charge >= 0.3 is 0 Å². The Balaban J connectivity index is 1.58. The summed E-state index contributed by atoms with van der Waals surface area (Å²) in [6, 6.07) is 20.0. The van der Waals surface area contributed by atoms with Crippen molar-refractivity contribution >= 4 is 65.5 Å². The highest BCUT2D eigenvalue weighted by Gasteiger charge is 2.37. The first-order chi connectivity index (χ1) is 18.2. The lowest BCUT2D eigenvalue weighted by atomic mass is 10.1. The molecule has 9 nitrogen and oxygen atoms in total. The predicted molar refractivity (Wildman–Crippen MR) is 147 cm³/mol. The fourth-order valence-electron chi connectivity index (χ4n) is 3.86. The SMILES string of the molecule is O=[SH](=O)NCc1nnc(C(c2nc3ccc(-c4ccccc4)cc3s2)S(=O)(=O)Cc2cc(Cl)cc(Cl)c2)o1. The van der Waals surface area contributed by atoms with Crippen LogP contribution < -0.4 is 4.72 Å². The summed E-state index contributed by atoms with van der Waals surface area (Å²) >= 11 is 13.4. The zero-order valence-electron chi connectivity index (χ0n) is 19.2. The first-order valence-electron chi connectivity index (χ1n) is 11.0. The van der Waals surface area contributed by atoms with Crippen LogP contribution in [0, 0.1) is 0 Å². The maximum Gasteiger partial charge on any atom is 0.241 e. The van der Waals surface area contributed by atoms with Gasteiger partial charge in [0.1, 0.15) is 5.01 Å². The molecule has 0 aliphatic heterocycles. The van der Waals surface area contributed by atoms with Crippen LogP contribution in [0.15, 0.2) is 71.1 Å². The highest BCUT2D eigenvalue weighted by molar-refractivity contribution is 7.91.